The van der Waals surface area contributed by atoms with Crippen LogP contribution in [0.5, 0.6) is 0 Å². The lowest BCUT2D eigenvalue weighted by Gasteiger charge is -2.24. The molecule has 0 aliphatic heterocycles. The molecule has 4 atom stereocenters. The number of hydrogen-bond donors (Lipinski definition) is 8. The Morgan fingerprint density at radius 3 is 1.73 bits per heavy atom. The highest BCUT2D eigenvalue weighted by molar-refractivity contribution is 5.94. The Hall–Kier alpha value is -2.77. The summed E-state index contributed by atoms with van der Waals surface area (Å²) in [7, 11) is 0. The van der Waals surface area contributed by atoms with Crippen LogP contribution in [0.1, 0.15) is 33.1 Å². The van der Waals surface area contributed by atoms with E-state index in [-0.39, 0.29) is 18.8 Å². The fraction of sp³-hybridized carbons (Fsp3) is 0.706. The van der Waals surface area contributed by atoms with Gasteiger partial charge >= 0.3 is 11.9 Å². The van der Waals surface area contributed by atoms with Gasteiger partial charge in [0, 0.05) is 6.42 Å². The van der Waals surface area contributed by atoms with E-state index >= 15 is 0 Å². The summed E-state index contributed by atoms with van der Waals surface area (Å²) in [4.78, 5) is 58.7. The highest BCUT2D eigenvalue weighted by Crippen LogP contribution is 2.07. The minimum absolute atomic E-state index is 0.0665. The van der Waals surface area contributed by atoms with E-state index in [2.05, 4.69) is 16.0 Å². The maximum absolute atomic E-state index is 12.5. The van der Waals surface area contributed by atoms with Crippen LogP contribution in [0, 0.1) is 5.92 Å². The average molecular weight is 434 g/mol. The monoisotopic (exact) mass is 434 g/mol. The van der Waals surface area contributed by atoms with Crippen LogP contribution in [0.4, 0.5) is 0 Å². The molecule has 0 rings (SSSR count). The fourth-order valence-electron chi connectivity index (χ4n) is 2.33. The van der Waals surface area contributed by atoms with E-state index in [4.69, 9.17) is 15.9 Å². The third kappa shape index (κ3) is 10.1. The molecule has 0 saturated carbocycles. The van der Waals surface area contributed by atoms with E-state index in [9.17, 15) is 34.2 Å². The van der Waals surface area contributed by atoms with Crippen LogP contribution in [-0.2, 0) is 24.0 Å². The van der Waals surface area contributed by atoms with Crippen LogP contribution in [0.25, 0.3) is 0 Å². The summed E-state index contributed by atoms with van der Waals surface area (Å²) in [6.07, 6.45) is -0.760. The van der Waals surface area contributed by atoms with Crippen LogP contribution in [0.15, 0.2) is 0 Å². The Morgan fingerprint density at radius 1 is 0.800 bits per heavy atom. The molecule has 172 valence electrons. The van der Waals surface area contributed by atoms with E-state index in [1.165, 1.54) is 0 Å². The Labute approximate surface area is 173 Å². The van der Waals surface area contributed by atoms with Crippen LogP contribution in [0.2, 0.25) is 0 Å². The van der Waals surface area contributed by atoms with E-state index in [0.717, 1.165) is 0 Å². The standard InChI is InChI=1S/C17H30N4O9/c1-8(2)5-11(17(29)30)20-15(27)10(3-4-13(24)25)19-16(28)12(7-23)21-14(26)9(18)6-22/h8-12,22-23H,3-7,18H2,1-2H3,(H,19,28)(H,20,27)(H,21,26)(H,24,25)(H,29,30). The minimum atomic E-state index is -1.53. The molecule has 30 heavy (non-hydrogen) atoms. The van der Waals surface area contributed by atoms with Crippen molar-refractivity contribution < 1.29 is 44.4 Å². The zero-order chi connectivity index (χ0) is 23.4. The van der Waals surface area contributed by atoms with Crippen molar-refractivity contribution in [1.29, 1.82) is 0 Å². The predicted molar refractivity (Wildman–Crippen MR) is 102 cm³/mol. The molecule has 0 bridgehead atoms. The van der Waals surface area contributed by atoms with Crippen molar-refractivity contribution in [2.24, 2.45) is 11.7 Å². The summed E-state index contributed by atoms with van der Waals surface area (Å²) in [5.74, 6) is -5.48. The Morgan fingerprint density at radius 2 is 1.30 bits per heavy atom. The molecule has 0 heterocycles. The first-order chi connectivity index (χ1) is 13.9. The van der Waals surface area contributed by atoms with E-state index in [0.29, 0.717) is 0 Å². The van der Waals surface area contributed by atoms with Crippen molar-refractivity contribution in [2.45, 2.75) is 57.3 Å². The molecule has 0 aromatic rings. The number of amides is 3. The topological polar surface area (TPSA) is 228 Å². The number of aliphatic hydroxyl groups excluding tert-OH is 2. The van der Waals surface area contributed by atoms with Crippen molar-refractivity contribution in [3.63, 3.8) is 0 Å². The molecular weight excluding hydrogens is 404 g/mol. The molecule has 3 amide bonds. The molecule has 4 unspecified atom stereocenters. The first-order valence-corrected chi connectivity index (χ1v) is 9.25. The number of aliphatic carboxylic acids is 2. The SMILES string of the molecule is CC(C)CC(NC(=O)C(CCC(=O)O)NC(=O)C(CO)NC(=O)C(N)CO)C(=O)O. The Kier molecular flexibility index (Phi) is 12.2. The van der Waals surface area contributed by atoms with Gasteiger partial charge < -0.3 is 42.1 Å². The van der Waals surface area contributed by atoms with E-state index in [1.807, 2.05) is 0 Å². The van der Waals surface area contributed by atoms with Crippen LogP contribution >= 0.6 is 0 Å². The second-order valence-electron chi connectivity index (χ2n) is 7.06. The van der Waals surface area contributed by atoms with Gasteiger partial charge in [0.05, 0.1) is 13.2 Å². The van der Waals surface area contributed by atoms with Gasteiger partial charge in [0.2, 0.25) is 17.7 Å². The largest absolute Gasteiger partial charge is 0.481 e. The van der Waals surface area contributed by atoms with Crippen molar-refractivity contribution in [3.8, 4) is 0 Å². The maximum Gasteiger partial charge on any atom is 0.326 e. The Bertz CT molecular complexity index is 626. The maximum atomic E-state index is 12.5. The van der Waals surface area contributed by atoms with E-state index in [1.54, 1.807) is 13.8 Å². The molecule has 0 fully saturated rings. The van der Waals surface area contributed by atoms with Crippen LogP contribution in [0.3, 0.4) is 0 Å². The first-order valence-electron chi connectivity index (χ1n) is 9.25. The molecule has 0 aromatic heterocycles. The van der Waals surface area contributed by atoms with Gasteiger partial charge in [-0.15, -0.1) is 0 Å². The second kappa shape index (κ2) is 13.5. The third-order valence-electron chi connectivity index (χ3n) is 3.95. The highest BCUT2D eigenvalue weighted by atomic mass is 16.4. The lowest BCUT2D eigenvalue weighted by Crippen LogP contribution is -2.58. The zero-order valence-corrected chi connectivity index (χ0v) is 16.8. The number of nitrogens with one attached hydrogen (secondary N) is 3. The molecule has 9 N–H and O–H groups in total. The molecule has 0 spiro atoms. The molecule has 0 aliphatic carbocycles. The number of aliphatic hydroxyl groups is 2. The van der Waals surface area contributed by atoms with Crippen LogP contribution < -0.4 is 21.7 Å². The van der Waals surface area contributed by atoms with Crippen molar-refractivity contribution in [1.82, 2.24) is 16.0 Å². The second-order valence-corrected chi connectivity index (χ2v) is 7.06. The van der Waals surface area contributed by atoms with Crippen molar-refractivity contribution >= 4 is 29.7 Å². The molecular formula is C17H30N4O9. The van der Waals surface area contributed by atoms with E-state index < -0.39 is 73.5 Å². The summed E-state index contributed by atoms with van der Waals surface area (Å²) in [5.41, 5.74) is 5.31. The minimum Gasteiger partial charge on any atom is -0.481 e. The van der Waals surface area contributed by atoms with Gasteiger partial charge in [-0.1, -0.05) is 13.8 Å². The van der Waals surface area contributed by atoms with Gasteiger partial charge in [-0.05, 0) is 18.8 Å². The zero-order valence-electron chi connectivity index (χ0n) is 16.8. The highest BCUT2D eigenvalue weighted by Gasteiger charge is 2.30. The molecule has 0 aliphatic rings. The number of rotatable bonds is 14. The molecule has 13 heteroatoms. The summed E-state index contributed by atoms with van der Waals surface area (Å²) in [6, 6.07) is -5.55. The molecule has 0 radical (unpaired) electrons. The summed E-state index contributed by atoms with van der Waals surface area (Å²) in [5, 5.41) is 42.8. The number of nitrogens with two attached hydrogens (primary N) is 1. The number of carboxylic acids is 2. The summed E-state index contributed by atoms with van der Waals surface area (Å²) >= 11 is 0. The molecule has 13 nitrogen and oxygen atoms in total. The smallest absolute Gasteiger partial charge is 0.326 e. The summed E-state index contributed by atoms with van der Waals surface area (Å²) < 4.78 is 0. The number of hydrogen-bond acceptors (Lipinski definition) is 8. The predicted octanol–water partition coefficient (Wildman–Crippen LogP) is -3.25. The van der Waals surface area contributed by atoms with Gasteiger partial charge in [-0.2, -0.15) is 0 Å². The molecule has 0 saturated heterocycles. The van der Waals surface area contributed by atoms with Crippen molar-refractivity contribution in [2.75, 3.05) is 13.2 Å². The number of carboxylic acid groups (broad SMARTS) is 2. The van der Waals surface area contributed by atoms with Gasteiger partial charge in [-0.25, -0.2) is 4.79 Å². The lowest BCUT2D eigenvalue weighted by atomic mass is 10.0. The average Bonchev–Trinajstić information content (AvgIpc) is 2.66. The lowest BCUT2D eigenvalue weighted by molar-refractivity contribution is -0.143. The number of carbonyl (C=O) groups excluding carboxylic acids is 3. The fourth-order valence-corrected chi connectivity index (χ4v) is 2.33. The third-order valence-corrected chi connectivity index (χ3v) is 3.95. The first kappa shape index (κ1) is 27.2. The van der Waals surface area contributed by atoms with Crippen LogP contribution in [-0.4, -0.2) is 87.5 Å². The normalized spacial score (nSPS) is 14.9. The van der Waals surface area contributed by atoms with Gasteiger partial charge in [0.25, 0.3) is 0 Å². The van der Waals surface area contributed by atoms with Gasteiger partial charge in [0.1, 0.15) is 24.2 Å². The number of carbonyl (C=O) groups is 5. The van der Waals surface area contributed by atoms with Gasteiger partial charge in [0.15, 0.2) is 0 Å². The molecule has 0 aromatic carbocycles. The van der Waals surface area contributed by atoms with Gasteiger partial charge in [-0.3, -0.25) is 19.2 Å². The van der Waals surface area contributed by atoms with Crippen molar-refractivity contribution in [3.05, 3.63) is 0 Å². The summed E-state index contributed by atoms with van der Waals surface area (Å²) in [6.45, 7) is 1.92. The quantitative estimate of drug-likeness (QED) is 0.136. The Balaban J connectivity index is 5.32.